The lowest BCUT2D eigenvalue weighted by atomic mass is 10.1. The largest absolute Gasteiger partial charge is 0.389 e. The SMILES string of the molecule is CC(NC(=O)/C(C#N)=C\NCCc1ccc(Cl)cc1)c1ccccc1. The van der Waals surface area contributed by atoms with Crippen molar-refractivity contribution < 1.29 is 4.79 Å². The molecule has 0 heterocycles. The van der Waals surface area contributed by atoms with Crippen LogP contribution in [-0.2, 0) is 11.2 Å². The van der Waals surface area contributed by atoms with E-state index in [1.165, 1.54) is 6.20 Å². The fourth-order valence-electron chi connectivity index (χ4n) is 2.29. The predicted molar refractivity (Wildman–Crippen MR) is 99.9 cm³/mol. The van der Waals surface area contributed by atoms with Crippen molar-refractivity contribution in [2.24, 2.45) is 0 Å². The molecule has 128 valence electrons. The van der Waals surface area contributed by atoms with Crippen LogP contribution in [0.4, 0.5) is 0 Å². The summed E-state index contributed by atoms with van der Waals surface area (Å²) in [6.45, 7) is 2.50. The minimum Gasteiger partial charge on any atom is -0.389 e. The lowest BCUT2D eigenvalue weighted by molar-refractivity contribution is -0.117. The van der Waals surface area contributed by atoms with Crippen molar-refractivity contribution in [1.29, 1.82) is 5.26 Å². The number of benzene rings is 2. The zero-order chi connectivity index (χ0) is 18.1. The molecule has 2 aromatic carbocycles. The van der Waals surface area contributed by atoms with Crippen LogP contribution < -0.4 is 10.6 Å². The van der Waals surface area contributed by atoms with E-state index < -0.39 is 5.91 Å². The summed E-state index contributed by atoms with van der Waals surface area (Å²) in [5.41, 5.74) is 2.17. The second-order valence-corrected chi connectivity index (χ2v) is 6.04. The zero-order valence-electron chi connectivity index (χ0n) is 14.0. The molecule has 0 aromatic heterocycles. The summed E-state index contributed by atoms with van der Waals surface area (Å²) >= 11 is 5.85. The molecule has 1 atom stereocenters. The normalized spacial score (nSPS) is 12.1. The smallest absolute Gasteiger partial charge is 0.263 e. The average Bonchev–Trinajstić information content (AvgIpc) is 2.64. The van der Waals surface area contributed by atoms with Gasteiger partial charge in [0.1, 0.15) is 11.6 Å². The van der Waals surface area contributed by atoms with Gasteiger partial charge in [0.2, 0.25) is 0 Å². The Hall–Kier alpha value is -2.77. The molecule has 0 bridgehead atoms. The number of nitrogens with one attached hydrogen (secondary N) is 2. The van der Waals surface area contributed by atoms with Gasteiger partial charge in [-0.15, -0.1) is 0 Å². The fourth-order valence-corrected chi connectivity index (χ4v) is 2.42. The number of carbonyl (C=O) groups excluding carboxylic acids is 1. The van der Waals surface area contributed by atoms with Gasteiger partial charge >= 0.3 is 0 Å². The summed E-state index contributed by atoms with van der Waals surface area (Å²) < 4.78 is 0. The Morgan fingerprint density at radius 2 is 1.88 bits per heavy atom. The molecular formula is C20H20ClN3O. The van der Waals surface area contributed by atoms with Crippen molar-refractivity contribution in [3.63, 3.8) is 0 Å². The highest BCUT2D eigenvalue weighted by Gasteiger charge is 2.13. The molecule has 0 fully saturated rings. The molecule has 1 amide bonds. The molecule has 0 aliphatic carbocycles. The second kappa shape index (κ2) is 9.51. The molecule has 0 saturated carbocycles. The van der Waals surface area contributed by atoms with Gasteiger partial charge in [-0.3, -0.25) is 4.79 Å². The number of hydrogen-bond donors (Lipinski definition) is 2. The Labute approximate surface area is 153 Å². The monoisotopic (exact) mass is 353 g/mol. The minimum atomic E-state index is -0.391. The van der Waals surface area contributed by atoms with Crippen molar-refractivity contribution in [3.05, 3.63) is 82.5 Å². The van der Waals surface area contributed by atoms with Crippen LogP contribution in [0.3, 0.4) is 0 Å². The highest BCUT2D eigenvalue weighted by Crippen LogP contribution is 2.12. The van der Waals surface area contributed by atoms with Crippen LogP contribution in [0, 0.1) is 11.3 Å². The molecule has 1 unspecified atom stereocenters. The summed E-state index contributed by atoms with van der Waals surface area (Å²) in [5, 5.41) is 15.7. The maximum atomic E-state index is 12.2. The van der Waals surface area contributed by atoms with Crippen LogP contribution in [0.25, 0.3) is 0 Å². The average molecular weight is 354 g/mol. The Bertz CT molecular complexity index is 764. The van der Waals surface area contributed by atoms with E-state index in [-0.39, 0.29) is 11.6 Å². The van der Waals surface area contributed by atoms with Gasteiger partial charge < -0.3 is 10.6 Å². The van der Waals surface area contributed by atoms with E-state index >= 15 is 0 Å². The molecule has 0 aliphatic heterocycles. The molecule has 2 N–H and O–H groups in total. The third-order valence-electron chi connectivity index (χ3n) is 3.73. The molecule has 2 aromatic rings. The Morgan fingerprint density at radius 1 is 1.20 bits per heavy atom. The lowest BCUT2D eigenvalue weighted by Crippen LogP contribution is -2.28. The van der Waals surface area contributed by atoms with Crippen LogP contribution in [0.5, 0.6) is 0 Å². The van der Waals surface area contributed by atoms with Gasteiger partial charge in [0, 0.05) is 17.8 Å². The van der Waals surface area contributed by atoms with Crippen molar-refractivity contribution in [2.75, 3.05) is 6.54 Å². The van der Waals surface area contributed by atoms with Crippen molar-refractivity contribution in [3.8, 4) is 6.07 Å². The van der Waals surface area contributed by atoms with E-state index in [2.05, 4.69) is 10.6 Å². The number of halogens is 1. The van der Waals surface area contributed by atoms with E-state index in [9.17, 15) is 10.1 Å². The molecule has 0 aliphatic rings. The highest BCUT2D eigenvalue weighted by atomic mass is 35.5. The third-order valence-corrected chi connectivity index (χ3v) is 3.98. The molecule has 0 spiro atoms. The minimum absolute atomic E-state index is 0.0545. The summed E-state index contributed by atoms with van der Waals surface area (Å²) in [5.74, 6) is -0.391. The van der Waals surface area contributed by atoms with Crippen LogP contribution >= 0.6 is 11.6 Å². The highest BCUT2D eigenvalue weighted by molar-refractivity contribution is 6.30. The molecule has 0 saturated heterocycles. The summed E-state index contributed by atoms with van der Waals surface area (Å²) in [7, 11) is 0. The Morgan fingerprint density at radius 3 is 2.52 bits per heavy atom. The van der Waals surface area contributed by atoms with Gasteiger partial charge in [0.25, 0.3) is 5.91 Å². The molecule has 2 rings (SSSR count). The number of nitriles is 1. The first-order valence-corrected chi connectivity index (χ1v) is 8.42. The first-order chi connectivity index (χ1) is 12.1. The number of amides is 1. The summed E-state index contributed by atoms with van der Waals surface area (Å²) in [6.07, 6.45) is 2.23. The predicted octanol–water partition coefficient (Wildman–Crippen LogP) is 3.76. The maximum absolute atomic E-state index is 12.2. The van der Waals surface area contributed by atoms with Crippen molar-refractivity contribution >= 4 is 17.5 Å². The van der Waals surface area contributed by atoms with Gasteiger partial charge in [-0.05, 0) is 36.6 Å². The van der Waals surface area contributed by atoms with Crippen LogP contribution in [-0.4, -0.2) is 12.5 Å². The molecule has 4 nitrogen and oxygen atoms in total. The quantitative estimate of drug-likeness (QED) is 0.452. The van der Waals surface area contributed by atoms with E-state index in [4.69, 9.17) is 11.6 Å². The molecule has 25 heavy (non-hydrogen) atoms. The topological polar surface area (TPSA) is 64.9 Å². The number of nitrogens with zero attached hydrogens (tertiary/aromatic N) is 1. The molecule has 0 radical (unpaired) electrons. The van der Waals surface area contributed by atoms with Gasteiger partial charge in [-0.25, -0.2) is 0 Å². The molecule has 5 heteroatoms. The van der Waals surface area contributed by atoms with Gasteiger partial charge in [-0.1, -0.05) is 54.1 Å². The Balaban J connectivity index is 1.85. The standard InChI is InChI=1S/C20H20ClN3O/c1-15(17-5-3-2-4-6-17)24-20(25)18(13-22)14-23-12-11-16-7-9-19(21)10-8-16/h2-10,14-15,23H,11-12H2,1H3,(H,24,25)/b18-14-. The van der Waals surface area contributed by atoms with Gasteiger partial charge in [0.05, 0.1) is 6.04 Å². The lowest BCUT2D eigenvalue weighted by Gasteiger charge is -2.13. The zero-order valence-corrected chi connectivity index (χ0v) is 14.8. The van der Waals surface area contributed by atoms with Gasteiger partial charge in [-0.2, -0.15) is 5.26 Å². The van der Waals surface area contributed by atoms with E-state index in [1.54, 1.807) is 0 Å². The van der Waals surface area contributed by atoms with E-state index in [0.717, 1.165) is 17.5 Å². The Kier molecular flexibility index (Phi) is 7.06. The van der Waals surface area contributed by atoms with Crippen molar-refractivity contribution in [2.45, 2.75) is 19.4 Å². The summed E-state index contributed by atoms with van der Waals surface area (Å²) in [4.78, 5) is 12.2. The molecular weight excluding hydrogens is 334 g/mol. The maximum Gasteiger partial charge on any atom is 0.263 e. The first kappa shape index (κ1) is 18.6. The summed E-state index contributed by atoms with van der Waals surface area (Å²) in [6, 6.07) is 19.0. The van der Waals surface area contributed by atoms with E-state index in [1.807, 2.05) is 67.6 Å². The van der Waals surface area contributed by atoms with Crippen LogP contribution in [0.15, 0.2) is 66.4 Å². The number of carbonyl (C=O) groups is 1. The third kappa shape index (κ3) is 5.98. The number of hydrogen-bond acceptors (Lipinski definition) is 3. The van der Waals surface area contributed by atoms with Crippen LogP contribution in [0.1, 0.15) is 24.1 Å². The van der Waals surface area contributed by atoms with Crippen molar-refractivity contribution in [1.82, 2.24) is 10.6 Å². The van der Waals surface area contributed by atoms with Crippen LogP contribution in [0.2, 0.25) is 5.02 Å². The number of rotatable bonds is 7. The van der Waals surface area contributed by atoms with E-state index in [0.29, 0.717) is 11.6 Å². The first-order valence-electron chi connectivity index (χ1n) is 8.04. The van der Waals surface area contributed by atoms with Gasteiger partial charge in [0.15, 0.2) is 0 Å². The fraction of sp³-hybridized carbons (Fsp3) is 0.200. The second-order valence-electron chi connectivity index (χ2n) is 5.61.